The SMILES string of the molecule is c1ccc(-c2cc(-c3ccc(N4c5ccccc5-c5sc6ccccc6c5-c5ccccc54)cc3)cc(-c3ccccc3)n2)cc1. The van der Waals surface area contributed by atoms with E-state index in [0.29, 0.717) is 0 Å². The molecule has 6 aromatic carbocycles. The molecule has 2 aromatic heterocycles. The van der Waals surface area contributed by atoms with Gasteiger partial charge in [0.05, 0.1) is 22.8 Å². The lowest BCUT2D eigenvalue weighted by Crippen LogP contribution is -2.10. The predicted octanol–water partition coefficient (Wildman–Crippen LogP) is 12.4. The topological polar surface area (TPSA) is 16.1 Å². The average molecular weight is 605 g/mol. The molecule has 216 valence electrons. The van der Waals surface area contributed by atoms with Crippen molar-refractivity contribution in [1.82, 2.24) is 4.98 Å². The van der Waals surface area contributed by atoms with Crippen LogP contribution in [0.15, 0.2) is 170 Å². The smallest absolute Gasteiger partial charge is 0.0715 e. The van der Waals surface area contributed by atoms with E-state index in [9.17, 15) is 0 Å². The summed E-state index contributed by atoms with van der Waals surface area (Å²) in [7, 11) is 0. The summed E-state index contributed by atoms with van der Waals surface area (Å²) in [5.41, 5.74) is 13.8. The molecule has 0 N–H and O–H groups in total. The van der Waals surface area contributed by atoms with Crippen molar-refractivity contribution in [3.05, 3.63) is 170 Å². The van der Waals surface area contributed by atoms with Gasteiger partial charge in [-0.1, -0.05) is 127 Å². The zero-order valence-corrected chi connectivity index (χ0v) is 25.8. The number of fused-ring (bicyclic) bond motifs is 7. The minimum absolute atomic E-state index is 0.967. The van der Waals surface area contributed by atoms with Gasteiger partial charge in [0.1, 0.15) is 0 Å². The predicted molar refractivity (Wildman–Crippen MR) is 195 cm³/mol. The van der Waals surface area contributed by atoms with Gasteiger partial charge in [-0.2, -0.15) is 0 Å². The summed E-state index contributed by atoms with van der Waals surface area (Å²) in [5, 5.41) is 1.31. The Morgan fingerprint density at radius 3 is 1.65 bits per heavy atom. The van der Waals surface area contributed by atoms with Crippen LogP contribution in [0.2, 0.25) is 0 Å². The van der Waals surface area contributed by atoms with Crippen LogP contribution in [0.1, 0.15) is 0 Å². The Kier molecular flexibility index (Phi) is 6.36. The maximum Gasteiger partial charge on any atom is 0.0715 e. The maximum atomic E-state index is 5.08. The van der Waals surface area contributed by atoms with Gasteiger partial charge in [-0.25, -0.2) is 4.98 Å². The van der Waals surface area contributed by atoms with Crippen LogP contribution < -0.4 is 4.90 Å². The lowest BCUT2D eigenvalue weighted by Gasteiger charge is -2.27. The molecule has 0 radical (unpaired) electrons. The van der Waals surface area contributed by atoms with Crippen molar-refractivity contribution in [2.24, 2.45) is 0 Å². The Hall–Kier alpha value is -5.77. The van der Waals surface area contributed by atoms with Crippen LogP contribution in [0.4, 0.5) is 17.1 Å². The molecular formula is C43H28N2S. The van der Waals surface area contributed by atoms with E-state index >= 15 is 0 Å². The summed E-state index contributed by atoms with van der Waals surface area (Å²) < 4.78 is 1.32. The number of aromatic nitrogens is 1. The largest absolute Gasteiger partial charge is 0.309 e. The summed E-state index contributed by atoms with van der Waals surface area (Å²) in [6, 6.07) is 60.7. The van der Waals surface area contributed by atoms with Crippen LogP contribution in [-0.2, 0) is 0 Å². The highest BCUT2D eigenvalue weighted by Crippen LogP contribution is 2.55. The van der Waals surface area contributed by atoms with E-state index in [2.05, 4.69) is 163 Å². The standard InChI is InChI=1S/C43H28N2S/c1-3-13-30(14-4-1)37-27-32(28-38(44-37)31-15-5-2-6-16-31)29-23-25-33(26-24-29)45-39-20-10-7-17-34(39)42-36-19-9-12-22-41(36)46-43(42)35-18-8-11-21-40(35)45/h1-28H. The Morgan fingerprint density at radius 1 is 0.435 bits per heavy atom. The fourth-order valence-corrected chi connectivity index (χ4v) is 7.92. The molecule has 0 saturated carbocycles. The first-order valence-electron chi connectivity index (χ1n) is 15.6. The van der Waals surface area contributed by atoms with Gasteiger partial charge in [-0.05, 0) is 53.6 Å². The summed E-state index contributed by atoms with van der Waals surface area (Å²) >= 11 is 1.88. The first-order chi connectivity index (χ1) is 22.8. The quantitative estimate of drug-likeness (QED) is 0.199. The van der Waals surface area contributed by atoms with Crippen molar-refractivity contribution < 1.29 is 0 Å². The van der Waals surface area contributed by atoms with Crippen LogP contribution >= 0.6 is 11.3 Å². The first kappa shape index (κ1) is 26.6. The minimum atomic E-state index is 0.967. The van der Waals surface area contributed by atoms with Gasteiger partial charge in [0.15, 0.2) is 0 Å². The molecule has 9 rings (SSSR count). The molecule has 1 aliphatic rings. The third kappa shape index (κ3) is 4.44. The van der Waals surface area contributed by atoms with Crippen molar-refractivity contribution >= 4 is 38.5 Å². The minimum Gasteiger partial charge on any atom is -0.309 e. The molecule has 0 aliphatic carbocycles. The van der Waals surface area contributed by atoms with Crippen LogP contribution in [0.5, 0.6) is 0 Å². The number of rotatable bonds is 4. The fraction of sp³-hybridized carbons (Fsp3) is 0. The normalized spacial score (nSPS) is 11.9. The molecule has 3 heteroatoms. The van der Waals surface area contributed by atoms with E-state index < -0.39 is 0 Å². The van der Waals surface area contributed by atoms with Gasteiger partial charge in [-0.15, -0.1) is 11.3 Å². The highest BCUT2D eigenvalue weighted by atomic mass is 32.1. The number of benzene rings is 6. The zero-order chi connectivity index (χ0) is 30.5. The van der Waals surface area contributed by atoms with Gasteiger partial charge in [0.2, 0.25) is 0 Å². The van der Waals surface area contributed by atoms with Crippen LogP contribution in [0.25, 0.3) is 65.3 Å². The molecule has 0 unspecified atom stereocenters. The number of thiophene rings is 1. The number of hydrogen-bond acceptors (Lipinski definition) is 3. The molecule has 2 nitrogen and oxygen atoms in total. The molecule has 0 saturated heterocycles. The van der Waals surface area contributed by atoms with E-state index in [0.717, 1.165) is 39.3 Å². The molecule has 3 heterocycles. The Balaban J connectivity index is 1.19. The van der Waals surface area contributed by atoms with Crippen molar-refractivity contribution in [1.29, 1.82) is 0 Å². The molecule has 8 aromatic rings. The van der Waals surface area contributed by atoms with Gasteiger partial charge in [0.25, 0.3) is 0 Å². The molecule has 0 amide bonds. The number of nitrogens with zero attached hydrogens (tertiary/aromatic N) is 2. The molecule has 0 fully saturated rings. The summed E-state index contributed by atoms with van der Waals surface area (Å²) in [6.07, 6.45) is 0. The number of pyridine rings is 1. The van der Waals surface area contributed by atoms with E-state index in [1.807, 2.05) is 23.5 Å². The Bertz CT molecular complexity index is 2300. The highest BCUT2D eigenvalue weighted by molar-refractivity contribution is 7.23. The van der Waals surface area contributed by atoms with Gasteiger partial charge < -0.3 is 4.90 Å². The van der Waals surface area contributed by atoms with Gasteiger partial charge in [0, 0.05) is 48.5 Å². The van der Waals surface area contributed by atoms with Crippen LogP contribution in [0, 0.1) is 0 Å². The average Bonchev–Trinajstić information content (AvgIpc) is 3.47. The van der Waals surface area contributed by atoms with E-state index in [1.54, 1.807) is 0 Å². The fourth-order valence-electron chi connectivity index (χ4n) is 6.66. The van der Waals surface area contributed by atoms with Crippen molar-refractivity contribution in [2.45, 2.75) is 0 Å². The zero-order valence-electron chi connectivity index (χ0n) is 25.0. The third-order valence-electron chi connectivity index (χ3n) is 8.82. The molecule has 46 heavy (non-hydrogen) atoms. The second kappa shape index (κ2) is 11.0. The number of hydrogen-bond donors (Lipinski definition) is 0. The van der Waals surface area contributed by atoms with Gasteiger partial charge in [-0.3, -0.25) is 0 Å². The van der Waals surface area contributed by atoms with Crippen molar-refractivity contribution in [3.63, 3.8) is 0 Å². The molecule has 0 bridgehead atoms. The van der Waals surface area contributed by atoms with E-state index in [-0.39, 0.29) is 0 Å². The van der Waals surface area contributed by atoms with E-state index in [4.69, 9.17) is 4.98 Å². The number of anilines is 3. The first-order valence-corrected chi connectivity index (χ1v) is 16.4. The maximum absolute atomic E-state index is 5.08. The highest BCUT2D eigenvalue weighted by Gasteiger charge is 2.28. The Morgan fingerprint density at radius 2 is 0.978 bits per heavy atom. The number of para-hydroxylation sites is 2. The molecule has 0 atom stereocenters. The molecular weight excluding hydrogens is 577 g/mol. The monoisotopic (exact) mass is 604 g/mol. The van der Waals surface area contributed by atoms with Crippen LogP contribution in [0.3, 0.4) is 0 Å². The second-order valence-corrected chi connectivity index (χ2v) is 12.6. The van der Waals surface area contributed by atoms with Gasteiger partial charge >= 0.3 is 0 Å². The third-order valence-corrected chi connectivity index (χ3v) is 10.0. The van der Waals surface area contributed by atoms with Crippen molar-refractivity contribution in [3.8, 4) is 55.2 Å². The lowest BCUT2D eigenvalue weighted by molar-refractivity contribution is 1.29. The molecule has 0 spiro atoms. The van der Waals surface area contributed by atoms with E-state index in [1.165, 1.54) is 43.0 Å². The summed E-state index contributed by atoms with van der Waals surface area (Å²) in [4.78, 5) is 8.83. The molecule has 1 aliphatic heterocycles. The Labute approximate surface area is 272 Å². The van der Waals surface area contributed by atoms with Crippen LogP contribution in [-0.4, -0.2) is 4.98 Å². The van der Waals surface area contributed by atoms with Crippen molar-refractivity contribution in [2.75, 3.05) is 4.90 Å². The summed E-state index contributed by atoms with van der Waals surface area (Å²) in [6.45, 7) is 0. The summed E-state index contributed by atoms with van der Waals surface area (Å²) in [5.74, 6) is 0. The lowest BCUT2D eigenvalue weighted by atomic mass is 9.98. The second-order valence-electron chi connectivity index (χ2n) is 11.6.